The number of furan rings is 1. The average Bonchev–Trinajstić information content (AvgIpc) is 3.16. The fourth-order valence-corrected chi connectivity index (χ4v) is 3.22. The summed E-state index contributed by atoms with van der Waals surface area (Å²) in [6.07, 6.45) is 4.80. The maximum atomic E-state index is 5.62. The van der Waals surface area contributed by atoms with Crippen LogP contribution in [0.15, 0.2) is 21.1 Å². The van der Waals surface area contributed by atoms with Gasteiger partial charge in [-0.1, -0.05) is 5.16 Å². The Labute approximate surface area is 136 Å². The summed E-state index contributed by atoms with van der Waals surface area (Å²) in [5.41, 5.74) is 0. The monoisotopic (exact) mass is 316 g/mol. The van der Waals surface area contributed by atoms with Crippen molar-refractivity contribution in [2.45, 2.75) is 57.7 Å². The third kappa shape index (κ3) is 3.82. The van der Waals surface area contributed by atoms with Crippen molar-refractivity contribution in [2.24, 2.45) is 0 Å². The fourth-order valence-electron chi connectivity index (χ4n) is 3.22. The van der Waals surface area contributed by atoms with Gasteiger partial charge in [0.15, 0.2) is 5.82 Å². The second-order valence-corrected chi connectivity index (χ2v) is 6.79. The minimum atomic E-state index is 0.490. The second-order valence-electron chi connectivity index (χ2n) is 6.79. The Balaban J connectivity index is 1.27. The zero-order valence-corrected chi connectivity index (χ0v) is 13.6. The highest BCUT2D eigenvalue weighted by Crippen LogP contribution is 2.38. The molecule has 1 N–H and O–H groups in total. The Morgan fingerprint density at radius 2 is 2.22 bits per heavy atom. The molecule has 6 nitrogen and oxygen atoms in total. The van der Waals surface area contributed by atoms with Crippen LogP contribution in [-0.4, -0.2) is 34.2 Å². The van der Waals surface area contributed by atoms with E-state index in [2.05, 4.69) is 20.4 Å². The fraction of sp³-hybridized carbons (Fsp3) is 0.647. The number of aromatic nitrogens is 2. The lowest BCUT2D eigenvalue weighted by Crippen LogP contribution is -2.45. The predicted molar refractivity (Wildman–Crippen MR) is 84.9 cm³/mol. The molecule has 1 aliphatic heterocycles. The Bertz CT molecular complexity index is 647. The number of likely N-dealkylation sites (tertiary alicyclic amines) is 1. The molecule has 3 heterocycles. The van der Waals surface area contributed by atoms with Gasteiger partial charge in [-0.15, -0.1) is 0 Å². The molecular weight excluding hydrogens is 292 g/mol. The summed E-state index contributed by atoms with van der Waals surface area (Å²) in [6.45, 7) is 5.68. The summed E-state index contributed by atoms with van der Waals surface area (Å²) in [7, 11) is 0. The minimum Gasteiger partial charge on any atom is -0.465 e. The van der Waals surface area contributed by atoms with E-state index in [4.69, 9.17) is 8.94 Å². The summed E-state index contributed by atoms with van der Waals surface area (Å²) in [5.74, 6) is 4.17. The SMILES string of the molecule is Cc1ccc(CN[C@@H]2CCCN(Cc3noc(C4CC4)n3)C2)o1. The van der Waals surface area contributed by atoms with Crippen LogP contribution < -0.4 is 5.32 Å². The first-order valence-corrected chi connectivity index (χ1v) is 8.60. The Morgan fingerprint density at radius 1 is 1.30 bits per heavy atom. The van der Waals surface area contributed by atoms with Gasteiger partial charge >= 0.3 is 0 Å². The summed E-state index contributed by atoms with van der Waals surface area (Å²) in [4.78, 5) is 6.95. The molecule has 1 aliphatic carbocycles. The van der Waals surface area contributed by atoms with Crippen LogP contribution in [0.25, 0.3) is 0 Å². The Kier molecular flexibility index (Phi) is 4.18. The molecule has 2 aromatic heterocycles. The molecular formula is C17H24N4O2. The lowest BCUT2D eigenvalue weighted by Gasteiger charge is -2.32. The lowest BCUT2D eigenvalue weighted by atomic mass is 10.1. The van der Waals surface area contributed by atoms with E-state index in [9.17, 15) is 0 Å². The molecule has 0 radical (unpaired) electrons. The molecule has 1 atom stereocenters. The van der Waals surface area contributed by atoms with E-state index in [0.29, 0.717) is 12.0 Å². The lowest BCUT2D eigenvalue weighted by molar-refractivity contribution is 0.175. The van der Waals surface area contributed by atoms with Crippen molar-refractivity contribution in [1.29, 1.82) is 0 Å². The topological polar surface area (TPSA) is 67.3 Å². The van der Waals surface area contributed by atoms with E-state index in [1.54, 1.807) is 0 Å². The van der Waals surface area contributed by atoms with E-state index in [-0.39, 0.29) is 0 Å². The largest absolute Gasteiger partial charge is 0.465 e. The first-order valence-electron chi connectivity index (χ1n) is 8.60. The van der Waals surface area contributed by atoms with E-state index < -0.39 is 0 Å². The summed E-state index contributed by atoms with van der Waals surface area (Å²) in [6, 6.07) is 4.54. The van der Waals surface area contributed by atoms with Crippen molar-refractivity contribution in [3.05, 3.63) is 35.4 Å². The molecule has 0 amide bonds. The zero-order chi connectivity index (χ0) is 15.6. The average molecular weight is 316 g/mol. The maximum Gasteiger partial charge on any atom is 0.229 e. The van der Waals surface area contributed by atoms with Gasteiger partial charge in [-0.05, 0) is 51.3 Å². The quantitative estimate of drug-likeness (QED) is 0.883. The summed E-state index contributed by atoms with van der Waals surface area (Å²) < 4.78 is 11.0. The smallest absolute Gasteiger partial charge is 0.229 e. The first kappa shape index (κ1) is 14.9. The number of rotatable bonds is 6. The second kappa shape index (κ2) is 6.45. The highest BCUT2D eigenvalue weighted by atomic mass is 16.5. The number of nitrogens with zero attached hydrogens (tertiary/aromatic N) is 3. The first-order chi connectivity index (χ1) is 11.3. The van der Waals surface area contributed by atoms with Crippen LogP contribution in [0.1, 0.15) is 54.8 Å². The molecule has 2 fully saturated rings. The van der Waals surface area contributed by atoms with Crippen LogP contribution in [0.5, 0.6) is 0 Å². The third-order valence-electron chi connectivity index (χ3n) is 4.64. The van der Waals surface area contributed by atoms with Gasteiger partial charge < -0.3 is 14.3 Å². The summed E-state index contributed by atoms with van der Waals surface area (Å²) in [5, 5.41) is 7.73. The predicted octanol–water partition coefficient (Wildman–Crippen LogP) is 2.60. The number of nitrogens with one attached hydrogen (secondary N) is 1. The molecule has 1 saturated carbocycles. The highest BCUT2D eigenvalue weighted by molar-refractivity contribution is 5.05. The van der Waals surface area contributed by atoms with E-state index in [1.807, 2.05) is 19.1 Å². The van der Waals surface area contributed by atoms with Gasteiger partial charge in [-0.3, -0.25) is 4.90 Å². The molecule has 0 unspecified atom stereocenters. The molecule has 23 heavy (non-hydrogen) atoms. The molecule has 6 heteroatoms. The van der Waals surface area contributed by atoms with Gasteiger partial charge in [0.2, 0.25) is 5.89 Å². The van der Waals surface area contributed by atoms with E-state index >= 15 is 0 Å². The van der Waals surface area contributed by atoms with Crippen LogP contribution in [-0.2, 0) is 13.1 Å². The van der Waals surface area contributed by atoms with Gasteiger partial charge in [0, 0.05) is 18.5 Å². The molecule has 124 valence electrons. The standard InChI is InChI=1S/C17H24N4O2/c1-12-4-7-15(22-12)9-18-14-3-2-8-21(10-14)11-16-19-17(23-20-16)13-5-6-13/h4,7,13-14,18H,2-3,5-6,8-11H2,1H3/t14-/m1/s1. The van der Waals surface area contributed by atoms with Crippen molar-refractivity contribution < 1.29 is 8.94 Å². The Morgan fingerprint density at radius 3 is 3.00 bits per heavy atom. The number of piperidine rings is 1. The van der Waals surface area contributed by atoms with Crippen molar-refractivity contribution in [3.8, 4) is 0 Å². The normalized spacial score (nSPS) is 22.6. The van der Waals surface area contributed by atoms with Crippen molar-refractivity contribution in [2.75, 3.05) is 13.1 Å². The molecule has 0 aromatic carbocycles. The highest BCUT2D eigenvalue weighted by Gasteiger charge is 2.30. The summed E-state index contributed by atoms with van der Waals surface area (Å²) >= 11 is 0. The van der Waals surface area contributed by atoms with Crippen molar-refractivity contribution in [3.63, 3.8) is 0 Å². The minimum absolute atomic E-state index is 0.490. The van der Waals surface area contributed by atoms with Gasteiger partial charge in [-0.25, -0.2) is 0 Å². The van der Waals surface area contributed by atoms with E-state index in [1.165, 1.54) is 25.7 Å². The zero-order valence-electron chi connectivity index (χ0n) is 13.6. The van der Waals surface area contributed by atoms with Crippen molar-refractivity contribution >= 4 is 0 Å². The number of hydrogen-bond donors (Lipinski definition) is 1. The van der Waals surface area contributed by atoms with Crippen molar-refractivity contribution in [1.82, 2.24) is 20.4 Å². The number of aryl methyl sites for hydroxylation is 1. The van der Waals surface area contributed by atoms with Gasteiger partial charge in [0.1, 0.15) is 11.5 Å². The van der Waals surface area contributed by atoms with Gasteiger partial charge in [0.25, 0.3) is 0 Å². The van der Waals surface area contributed by atoms with Crippen LogP contribution >= 0.6 is 0 Å². The van der Waals surface area contributed by atoms with Gasteiger partial charge in [0.05, 0.1) is 13.1 Å². The Hall–Kier alpha value is -1.66. The third-order valence-corrected chi connectivity index (χ3v) is 4.64. The van der Waals surface area contributed by atoms with Crippen LogP contribution in [0.3, 0.4) is 0 Å². The van der Waals surface area contributed by atoms with Gasteiger partial charge in [-0.2, -0.15) is 4.98 Å². The maximum absolute atomic E-state index is 5.62. The number of hydrogen-bond acceptors (Lipinski definition) is 6. The van der Waals surface area contributed by atoms with Crippen LogP contribution in [0.2, 0.25) is 0 Å². The molecule has 0 bridgehead atoms. The molecule has 1 saturated heterocycles. The molecule has 4 rings (SSSR count). The molecule has 0 spiro atoms. The van der Waals surface area contributed by atoms with Crippen LogP contribution in [0, 0.1) is 6.92 Å². The van der Waals surface area contributed by atoms with E-state index in [0.717, 1.165) is 49.4 Å². The molecule has 2 aromatic rings. The van der Waals surface area contributed by atoms with Crippen LogP contribution in [0.4, 0.5) is 0 Å². The molecule has 2 aliphatic rings.